The van der Waals surface area contributed by atoms with Crippen molar-refractivity contribution >= 4 is 22.5 Å². The normalized spacial score (nSPS) is 10.7. The zero-order chi connectivity index (χ0) is 9.42. The van der Waals surface area contributed by atoms with Crippen LogP contribution in [0.2, 0.25) is 5.02 Å². The Morgan fingerprint density at radius 1 is 1.31 bits per heavy atom. The van der Waals surface area contributed by atoms with Crippen molar-refractivity contribution in [3.63, 3.8) is 0 Å². The zero-order valence-corrected chi connectivity index (χ0v) is 7.64. The average Bonchev–Trinajstić information content (AvgIpc) is 2.07. The van der Waals surface area contributed by atoms with Gasteiger partial charge in [-0.3, -0.25) is 0 Å². The first-order valence-electron chi connectivity index (χ1n) is 3.75. The molecule has 0 atom stereocenters. The van der Waals surface area contributed by atoms with Crippen LogP contribution in [-0.2, 0) is 0 Å². The van der Waals surface area contributed by atoms with Gasteiger partial charge in [-0.2, -0.15) is 0 Å². The molecule has 0 fully saturated rings. The molecule has 66 valence electrons. The molecule has 0 unspecified atom stereocenters. The Bertz CT molecular complexity index is 470. The summed E-state index contributed by atoms with van der Waals surface area (Å²) in [5.74, 6) is -0.409. The first-order chi connectivity index (χ1) is 6.18. The SMILES string of the molecule is Cc1ncnc2c(F)cc(Cl)cc12. The summed E-state index contributed by atoms with van der Waals surface area (Å²) in [5.41, 5.74) is 1.04. The zero-order valence-electron chi connectivity index (χ0n) is 6.88. The number of halogens is 2. The minimum Gasteiger partial charge on any atom is -0.241 e. The van der Waals surface area contributed by atoms with E-state index in [4.69, 9.17) is 11.6 Å². The maximum Gasteiger partial charge on any atom is 0.151 e. The predicted octanol–water partition coefficient (Wildman–Crippen LogP) is 2.73. The van der Waals surface area contributed by atoms with E-state index in [2.05, 4.69) is 9.97 Å². The van der Waals surface area contributed by atoms with E-state index in [9.17, 15) is 4.39 Å². The number of rotatable bonds is 0. The highest BCUT2D eigenvalue weighted by Crippen LogP contribution is 2.22. The van der Waals surface area contributed by atoms with Gasteiger partial charge in [-0.1, -0.05) is 11.6 Å². The van der Waals surface area contributed by atoms with Gasteiger partial charge >= 0.3 is 0 Å². The Morgan fingerprint density at radius 3 is 2.85 bits per heavy atom. The molecule has 1 heterocycles. The summed E-state index contributed by atoms with van der Waals surface area (Å²) < 4.78 is 13.3. The van der Waals surface area contributed by atoms with Crippen LogP contribution in [0.3, 0.4) is 0 Å². The van der Waals surface area contributed by atoms with Crippen molar-refractivity contribution in [1.29, 1.82) is 0 Å². The van der Waals surface area contributed by atoms with E-state index < -0.39 is 5.82 Å². The van der Waals surface area contributed by atoms with Crippen LogP contribution < -0.4 is 0 Å². The molecule has 0 saturated carbocycles. The number of hydrogen-bond donors (Lipinski definition) is 0. The van der Waals surface area contributed by atoms with Crippen molar-refractivity contribution in [3.05, 3.63) is 35.0 Å². The van der Waals surface area contributed by atoms with Gasteiger partial charge in [0, 0.05) is 16.1 Å². The number of fused-ring (bicyclic) bond motifs is 1. The molecule has 4 heteroatoms. The fourth-order valence-electron chi connectivity index (χ4n) is 1.22. The van der Waals surface area contributed by atoms with Crippen LogP contribution in [0.1, 0.15) is 5.69 Å². The third kappa shape index (κ3) is 1.35. The van der Waals surface area contributed by atoms with Crippen molar-refractivity contribution in [2.75, 3.05) is 0 Å². The molecule has 0 bridgehead atoms. The molecule has 0 aliphatic carbocycles. The van der Waals surface area contributed by atoms with Gasteiger partial charge in [0.05, 0.1) is 0 Å². The Hall–Kier alpha value is -1.22. The Morgan fingerprint density at radius 2 is 2.08 bits per heavy atom. The van der Waals surface area contributed by atoms with Crippen LogP contribution in [-0.4, -0.2) is 9.97 Å². The van der Waals surface area contributed by atoms with Crippen LogP contribution in [0.25, 0.3) is 10.9 Å². The second-order valence-corrected chi connectivity index (χ2v) is 3.18. The molecule has 0 aliphatic rings. The molecule has 0 spiro atoms. The van der Waals surface area contributed by atoms with Gasteiger partial charge in [0.2, 0.25) is 0 Å². The highest BCUT2D eigenvalue weighted by Gasteiger charge is 2.05. The number of aryl methyl sites for hydroxylation is 1. The third-order valence-electron chi connectivity index (χ3n) is 1.86. The lowest BCUT2D eigenvalue weighted by Crippen LogP contribution is -1.90. The van der Waals surface area contributed by atoms with E-state index in [-0.39, 0.29) is 0 Å². The van der Waals surface area contributed by atoms with E-state index in [0.29, 0.717) is 15.9 Å². The molecule has 0 radical (unpaired) electrons. The molecule has 0 N–H and O–H groups in total. The van der Waals surface area contributed by atoms with E-state index >= 15 is 0 Å². The van der Waals surface area contributed by atoms with E-state index in [1.807, 2.05) is 0 Å². The molecular formula is C9H6ClFN2. The van der Waals surface area contributed by atoms with Crippen molar-refractivity contribution < 1.29 is 4.39 Å². The maximum atomic E-state index is 13.3. The molecule has 0 aliphatic heterocycles. The van der Waals surface area contributed by atoms with Gasteiger partial charge in [0.15, 0.2) is 5.82 Å². The summed E-state index contributed by atoms with van der Waals surface area (Å²) in [7, 11) is 0. The topological polar surface area (TPSA) is 25.8 Å². The fraction of sp³-hybridized carbons (Fsp3) is 0.111. The van der Waals surface area contributed by atoms with Gasteiger partial charge in [-0.25, -0.2) is 14.4 Å². The van der Waals surface area contributed by atoms with Gasteiger partial charge in [-0.05, 0) is 19.1 Å². The minimum absolute atomic E-state index is 0.317. The second kappa shape index (κ2) is 2.92. The van der Waals surface area contributed by atoms with E-state index in [1.54, 1.807) is 13.0 Å². The molecular weight excluding hydrogens is 191 g/mol. The smallest absolute Gasteiger partial charge is 0.151 e. The molecule has 2 nitrogen and oxygen atoms in total. The fourth-order valence-corrected chi connectivity index (χ4v) is 1.42. The van der Waals surface area contributed by atoms with Gasteiger partial charge in [0.25, 0.3) is 0 Å². The highest BCUT2D eigenvalue weighted by molar-refractivity contribution is 6.31. The number of aromatic nitrogens is 2. The van der Waals surface area contributed by atoms with Crippen LogP contribution in [0.4, 0.5) is 4.39 Å². The summed E-state index contributed by atoms with van der Waals surface area (Å²) in [4.78, 5) is 7.79. The van der Waals surface area contributed by atoms with Gasteiger partial charge in [0.1, 0.15) is 11.8 Å². The minimum atomic E-state index is -0.409. The number of benzene rings is 1. The average molecular weight is 197 g/mol. The first-order valence-corrected chi connectivity index (χ1v) is 4.12. The molecule has 2 aromatic rings. The predicted molar refractivity (Wildman–Crippen MR) is 49.2 cm³/mol. The summed E-state index contributed by atoms with van der Waals surface area (Å²) in [5, 5.41) is 1.02. The molecule has 13 heavy (non-hydrogen) atoms. The van der Waals surface area contributed by atoms with Gasteiger partial charge in [-0.15, -0.1) is 0 Å². The van der Waals surface area contributed by atoms with Crippen molar-refractivity contribution in [3.8, 4) is 0 Å². The van der Waals surface area contributed by atoms with Crippen LogP contribution in [0.15, 0.2) is 18.5 Å². The lowest BCUT2D eigenvalue weighted by atomic mass is 10.2. The van der Waals surface area contributed by atoms with Crippen molar-refractivity contribution in [2.45, 2.75) is 6.92 Å². The van der Waals surface area contributed by atoms with E-state index in [1.165, 1.54) is 12.4 Å². The van der Waals surface area contributed by atoms with Crippen LogP contribution in [0.5, 0.6) is 0 Å². The third-order valence-corrected chi connectivity index (χ3v) is 2.07. The Kier molecular flexibility index (Phi) is 1.88. The molecule has 0 amide bonds. The maximum absolute atomic E-state index is 13.3. The Labute approximate surface area is 79.4 Å². The monoisotopic (exact) mass is 196 g/mol. The summed E-state index contributed by atoms with van der Waals surface area (Å²) in [6.45, 7) is 1.79. The Balaban J connectivity index is 2.94. The van der Waals surface area contributed by atoms with Gasteiger partial charge < -0.3 is 0 Å². The van der Waals surface area contributed by atoms with Crippen LogP contribution >= 0.6 is 11.6 Å². The molecule has 2 rings (SSSR count). The van der Waals surface area contributed by atoms with Crippen molar-refractivity contribution in [1.82, 2.24) is 9.97 Å². The number of nitrogens with zero attached hydrogens (tertiary/aromatic N) is 2. The van der Waals surface area contributed by atoms with E-state index in [0.717, 1.165) is 5.69 Å². The standard InChI is InChI=1S/C9H6ClFN2/c1-5-7-2-6(10)3-8(11)9(7)13-4-12-5/h2-4H,1H3. The summed E-state index contributed by atoms with van der Waals surface area (Å²) in [6, 6.07) is 2.91. The summed E-state index contributed by atoms with van der Waals surface area (Å²) in [6.07, 6.45) is 1.34. The lowest BCUT2D eigenvalue weighted by molar-refractivity contribution is 0.636. The molecule has 1 aromatic carbocycles. The quantitative estimate of drug-likeness (QED) is 0.648. The van der Waals surface area contributed by atoms with Crippen LogP contribution in [0, 0.1) is 12.7 Å². The highest BCUT2D eigenvalue weighted by atomic mass is 35.5. The van der Waals surface area contributed by atoms with Crippen molar-refractivity contribution in [2.24, 2.45) is 0 Å². The number of hydrogen-bond acceptors (Lipinski definition) is 2. The molecule has 0 saturated heterocycles. The first kappa shape index (κ1) is 8.38. The summed E-state index contributed by atoms with van der Waals surface area (Å²) >= 11 is 5.70. The molecule has 1 aromatic heterocycles. The lowest BCUT2D eigenvalue weighted by Gasteiger charge is -2.01. The largest absolute Gasteiger partial charge is 0.241 e. The second-order valence-electron chi connectivity index (χ2n) is 2.74.